The average Bonchev–Trinajstić information content (AvgIpc) is 3.84. The summed E-state index contributed by atoms with van der Waals surface area (Å²) in [6.07, 6.45) is 0.302. The minimum Gasteiger partial charge on any atom is -0.379 e. The zero-order valence-electron chi connectivity index (χ0n) is 30.7. The Kier molecular flexibility index (Phi) is 21.2. The van der Waals surface area contributed by atoms with Gasteiger partial charge in [-0.25, -0.2) is 0 Å². The van der Waals surface area contributed by atoms with Crippen molar-refractivity contribution in [1.29, 1.82) is 0 Å². The summed E-state index contributed by atoms with van der Waals surface area (Å²) < 4.78 is 64.4. The van der Waals surface area contributed by atoms with Gasteiger partial charge in [0.15, 0.2) is 5.78 Å². The lowest BCUT2D eigenvalue weighted by Crippen LogP contribution is -2.58. The molecule has 14 nitrogen and oxygen atoms in total. The normalized spacial score (nSPS) is 19.1. The van der Waals surface area contributed by atoms with Crippen molar-refractivity contribution in [2.24, 2.45) is 5.92 Å². The Morgan fingerprint density at radius 3 is 1.83 bits per heavy atom. The molecule has 4 N–H and O–H groups in total. The number of halogens is 4. The van der Waals surface area contributed by atoms with Crippen LogP contribution in [-0.4, -0.2) is 130 Å². The highest BCUT2D eigenvalue weighted by molar-refractivity contribution is 5.98. The van der Waals surface area contributed by atoms with E-state index >= 15 is 0 Å². The lowest BCUT2D eigenvalue weighted by molar-refractivity contribution is -0.148. The van der Waals surface area contributed by atoms with E-state index in [0.717, 1.165) is 7.11 Å². The third-order valence-electron chi connectivity index (χ3n) is 7.57. The molecule has 2 aliphatic heterocycles. The molecule has 52 heavy (non-hydrogen) atoms. The number of methoxy groups -OCH3 is 1. The highest BCUT2D eigenvalue weighted by Crippen LogP contribution is 2.28. The van der Waals surface area contributed by atoms with E-state index in [0.29, 0.717) is 32.7 Å². The zero-order valence-corrected chi connectivity index (χ0v) is 30.7. The summed E-state index contributed by atoms with van der Waals surface area (Å²) in [5.41, 5.74) is 0.302. The molecule has 0 bridgehead atoms. The Morgan fingerprint density at radius 1 is 0.827 bits per heavy atom. The minimum atomic E-state index is -3.21. The summed E-state index contributed by atoms with van der Waals surface area (Å²) in [6.45, 7) is 5.94. The first-order valence-electron chi connectivity index (χ1n) is 16.8. The second-order valence-corrected chi connectivity index (χ2v) is 12.8. The van der Waals surface area contributed by atoms with Crippen LogP contribution in [0.3, 0.4) is 0 Å². The third-order valence-corrected chi connectivity index (χ3v) is 7.57. The van der Waals surface area contributed by atoms with Gasteiger partial charge in [0.1, 0.15) is 23.7 Å². The standard InChI is InChI=1S/C25H41F2N5O8.C7H8.C2H4F2O/c1-14(2)10-17(30-19(33)11-32-6-8-38-9-7-32)22(36)29-16(4)21(35)31-18(12-39-24(26)27)23(37)28-15(3)20(34)25(5)13-40-25;1-7-5-3-2-4-6-7;1-5-2(3)4/h14-18,24H,6-13H2,1-5H3,(H,28,37)(H,29,36)(H,30,33)(H,31,35);2-6H,1H3;2H,1H3/t15?,16?,17-,18-,25?;;/m0../s1. The molecule has 2 heterocycles. The Bertz CT molecular complexity index is 1250. The van der Waals surface area contributed by atoms with E-state index in [4.69, 9.17) is 9.47 Å². The first kappa shape index (κ1) is 46.3. The van der Waals surface area contributed by atoms with Gasteiger partial charge in [-0.3, -0.25) is 28.9 Å². The van der Waals surface area contributed by atoms with E-state index in [-0.39, 0.29) is 25.0 Å². The monoisotopic (exact) mass is 751 g/mol. The molecule has 3 unspecified atom stereocenters. The van der Waals surface area contributed by atoms with Crippen molar-refractivity contribution in [3.8, 4) is 0 Å². The number of benzene rings is 1. The number of Topliss-reactive ketones (excluding diaryl/α,β-unsaturated/α-hetero) is 1. The molecule has 2 saturated heterocycles. The van der Waals surface area contributed by atoms with Crippen molar-refractivity contribution in [1.82, 2.24) is 26.2 Å². The van der Waals surface area contributed by atoms with E-state index in [1.54, 1.807) is 6.92 Å². The lowest BCUT2D eigenvalue weighted by atomic mass is 10.0. The van der Waals surface area contributed by atoms with Gasteiger partial charge in [-0.15, -0.1) is 0 Å². The fraction of sp³-hybridized carbons (Fsp3) is 0.676. The number of rotatable bonds is 17. The number of amides is 4. The predicted octanol–water partition coefficient (Wildman–Crippen LogP) is 1.79. The molecule has 18 heteroatoms. The van der Waals surface area contributed by atoms with E-state index in [1.807, 2.05) is 36.9 Å². The van der Waals surface area contributed by atoms with Crippen LogP contribution in [0.25, 0.3) is 0 Å². The number of epoxide rings is 1. The predicted molar refractivity (Wildman–Crippen MR) is 181 cm³/mol. The van der Waals surface area contributed by atoms with Crippen LogP contribution in [0.5, 0.6) is 0 Å². The maximum absolute atomic E-state index is 13.0. The highest BCUT2D eigenvalue weighted by atomic mass is 19.3. The average molecular weight is 752 g/mol. The van der Waals surface area contributed by atoms with Gasteiger partial charge in [-0.1, -0.05) is 49.7 Å². The Labute approximate surface area is 302 Å². The summed E-state index contributed by atoms with van der Waals surface area (Å²) in [5, 5.41) is 9.86. The molecule has 3 rings (SSSR count). The van der Waals surface area contributed by atoms with Crippen LogP contribution in [0.1, 0.15) is 46.6 Å². The van der Waals surface area contributed by atoms with Crippen molar-refractivity contribution in [2.45, 2.75) is 91.0 Å². The van der Waals surface area contributed by atoms with Gasteiger partial charge >= 0.3 is 13.2 Å². The molecular formula is C34H53F4N5O9. The third kappa shape index (κ3) is 19.2. The van der Waals surface area contributed by atoms with Crippen LogP contribution in [0.2, 0.25) is 0 Å². The van der Waals surface area contributed by atoms with Crippen LogP contribution >= 0.6 is 0 Å². The molecule has 0 aromatic heterocycles. The van der Waals surface area contributed by atoms with E-state index in [1.165, 1.54) is 19.4 Å². The molecule has 5 atom stereocenters. The van der Waals surface area contributed by atoms with Crippen LogP contribution in [0.15, 0.2) is 30.3 Å². The summed E-state index contributed by atoms with van der Waals surface area (Å²) in [6, 6.07) is 5.54. The molecule has 0 radical (unpaired) electrons. The summed E-state index contributed by atoms with van der Waals surface area (Å²) in [5.74, 6) is -3.12. The van der Waals surface area contributed by atoms with Crippen molar-refractivity contribution in [2.75, 3.05) is 53.2 Å². The second-order valence-electron chi connectivity index (χ2n) is 12.8. The second kappa shape index (κ2) is 23.8. The topological polar surface area (TPSA) is 177 Å². The number of ether oxygens (including phenoxy) is 4. The van der Waals surface area contributed by atoms with Crippen molar-refractivity contribution in [3.63, 3.8) is 0 Å². The molecule has 0 spiro atoms. The fourth-order valence-corrected chi connectivity index (χ4v) is 4.56. The van der Waals surface area contributed by atoms with Gasteiger partial charge in [0, 0.05) is 20.2 Å². The summed E-state index contributed by atoms with van der Waals surface area (Å²) in [4.78, 5) is 65.4. The SMILES string of the molecule is CC(C)C[C@H](NC(=O)CN1CCOCC1)C(=O)NC(C)C(=O)N[C@@H](COC(F)F)C(=O)NC(C)C(=O)C1(C)CO1.COC(F)F.Cc1ccccc1. The van der Waals surface area contributed by atoms with Crippen LogP contribution in [-0.2, 0) is 42.9 Å². The molecule has 2 aliphatic rings. The number of hydrogen-bond acceptors (Lipinski definition) is 10. The van der Waals surface area contributed by atoms with Gasteiger partial charge in [0.25, 0.3) is 0 Å². The minimum absolute atomic E-state index is 0.0381. The smallest absolute Gasteiger partial charge is 0.345 e. The highest BCUT2D eigenvalue weighted by Gasteiger charge is 2.49. The molecule has 0 aliphatic carbocycles. The first-order chi connectivity index (χ1) is 24.4. The number of nitrogens with one attached hydrogen (secondary N) is 4. The fourth-order valence-electron chi connectivity index (χ4n) is 4.56. The molecular weight excluding hydrogens is 698 g/mol. The number of morpholine rings is 1. The van der Waals surface area contributed by atoms with Crippen molar-refractivity contribution >= 4 is 29.4 Å². The van der Waals surface area contributed by atoms with Gasteiger partial charge in [0.05, 0.1) is 39.0 Å². The Balaban J connectivity index is 0.000000951. The Morgan fingerprint density at radius 2 is 1.37 bits per heavy atom. The molecule has 2 fully saturated rings. The largest absolute Gasteiger partial charge is 0.379 e. The van der Waals surface area contributed by atoms with Gasteiger partial charge in [-0.2, -0.15) is 17.6 Å². The van der Waals surface area contributed by atoms with Crippen molar-refractivity contribution < 1.29 is 60.5 Å². The summed E-state index contributed by atoms with van der Waals surface area (Å²) >= 11 is 0. The summed E-state index contributed by atoms with van der Waals surface area (Å²) in [7, 11) is 0.949. The lowest BCUT2D eigenvalue weighted by Gasteiger charge is -2.28. The zero-order chi connectivity index (χ0) is 39.4. The van der Waals surface area contributed by atoms with E-state index in [2.05, 4.69) is 49.8 Å². The maximum atomic E-state index is 13.0. The number of ketones is 1. The number of alkyl halides is 4. The molecule has 4 amide bonds. The number of hydrogen-bond donors (Lipinski definition) is 4. The Hall–Kier alpha value is -3.71. The van der Waals surface area contributed by atoms with Gasteiger partial charge < -0.3 is 40.2 Å². The quantitative estimate of drug-likeness (QED) is 0.136. The molecule has 0 saturated carbocycles. The molecule has 1 aromatic rings. The number of aryl methyl sites for hydroxylation is 1. The molecule has 296 valence electrons. The van der Waals surface area contributed by atoms with Crippen LogP contribution in [0, 0.1) is 12.8 Å². The number of carbonyl (C=O) groups is 5. The van der Waals surface area contributed by atoms with Crippen LogP contribution in [0.4, 0.5) is 17.6 Å². The van der Waals surface area contributed by atoms with Crippen molar-refractivity contribution in [3.05, 3.63) is 35.9 Å². The van der Waals surface area contributed by atoms with E-state index < -0.39 is 73.1 Å². The number of nitrogens with zero attached hydrogens (tertiary/aromatic N) is 1. The van der Waals surface area contributed by atoms with Gasteiger partial charge in [-0.05, 0) is 40.0 Å². The molecule has 1 aromatic carbocycles. The van der Waals surface area contributed by atoms with Crippen LogP contribution < -0.4 is 21.3 Å². The number of carbonyl (C=O) groups excluding carboxylic acids is 5. The van der Waals surface area contributed by atoms with Gasteiger partial charge in [0.2, 0.25) is 23.6 Å². The first-order valence-corrected chi connectivity index (χ1v) is 16.8. The van der Waals surface area contributed by atoms with E-state index in [9.17, 15) is 41.5 Å². The maximum Gasteiger partial charge on any atom is 0.345 e.